The van der Waals surface area contributed by atoms with Gasteiger partial charge in [0.2, 0.25) is 0 Å². The second-order valence-electron chi connectivity index (χ2n) is 5.24. The average Bonchev–Trinajstić information content (AvgIpc) is 2.91. The number of aromatic nitrogens is 2. The van der Waals surface area contributed by atoms with Gasteiger partial charge in [-0.3, -0.25) is 0 Å². The molecule has 2 aliphatic rings. The normalized spacial score (nSPS) is 28.6. The molecule has 1 atom stereocenters. The summed E-state index contributed by atoms with van der Waals surface area (Å²) in [6, 6.07) is 0.548. The first kappa shape index (κ1) is 10.3. The van der Waals surface area contributed by atoms with Gasteiger partial charge in [0.25, 0.3) is 0 Å². The molecule has 0 aromatic carbocycles. The predicted molar refractivity (Wildman–Crippen MR) is 63.3 cm³/mol. The monoisotopic (exact) mass is 220 g/mol. The molecule has 4 heteroatoms. The molecule has 1 aliphatic carbocycles. The Morgan fingerprint density at radius 3 is 3.00 bits per heavy atom. The Bertz CT molecular complexity index is 327. The Labute approximate surface area is 96.2 Å². The van der Waals surface area contributed by atoms with Crippen molar-refractivity contribution < 1.29 is 0 Å². The van der Waals surface area contributed by atoms with Crippen molar-refractivity contribution in [3.8, 4) is 0 Å². The zero-order chi connectivity index (χ0) is 10.8. The lowest BCUT2D eigenvalue weighted by Gasteiger charge is -2.40. The van der Waals surface area contributed by atoms with E-state index in [0.717, 1.165) is 19.5 Å². The fourth-order valence-electron chi connectivity index (χ4n) is 3.18. The first-order valence-corrected chi connectivity index (χ1v) is 6.32. The van der Waals surface area contributed by atoms with Gasteiger partial charge >= 0.3 is 0 Å². The van der Waals surface area contributed by atoms with Crippen LogP contribution >= 0.6 is 0 Å². The van der Waals surface area contributed by atoms with Crippen LogP contribution in [-0.2, 0) is 6.42 Å². The van der Waals surface area contributed by atoms with Gasteiger partial charge in [-0.2, -0.15) is 0 Å². The molecule has 1 aromatic rings. The molecule has 3 rings (SSSR count). The number of nitrogens with one attached hydrogen (secondary N) is 3. The number of hydrogen-bond acceptors (Lipinski definition) is 3. The van der Waals surface area contributed by atoms with E-state index in [0.29, 0.717) is 11.6 Å². The minimum atomic E-state index is 0.392. The molecule has 0 radical (unpaired) electrons. The van der Waals surface area contributed by atoms with Crippen LogP contribution in [0.1, 0.15) is 31.4 Å². The maximum Gasteiger partial charge on any atom is 0.0921 e. The first-order valence-electron chi connectivity index (χ1n) is 6.32. The highest BCUT2D eigenvalue weighted by molar-refractivity contribution is 5.05. The summed E-state index contributed by atoms with van der Waals surface area (Å²) in [4.78, 5) is 7.26. The van der Waals surface area contributed by atoms with Crippen molar-refractivity contribution in [3.63, 3.8) is 0 Å². The molecular formula is C12H20N4. The summed E-state index contributed by atoms with van der Waals surface area (Å²) in [5.41, 5.74) is 1.62. The number of aromatic amines is 1. The van der Waals surface area contributed by atoms with Crippen molar-refractivity contribution in [2.45, 2.75) is 43.7 Å². The maximum atomic E-state index is 4.07. The van der Waals surface area contributed by atoms with E-state index in [1.165, 1.54) is 31.4 Å². The largest absolute Gasteiger partial charge is 0.348 e. The first-order chi connectivity index (χ1) is 7.86. The average molecular weight is 220 g/mol. The van der Waals surface area contributed by atoms with Crippen molar-refractivity contribution in [2.24, 2.45) is 0 Å². The van der Waals surface area contributed by atoms with E-state index in [1.807, 2.05) is 6.20 Å². The molecule has 1 aromatic heterocycles. The third kappa shape index (κ3) is 1.99. The number of piperazine rings is 1. The molecular weight excluding hydrogens is 200 g/mol. The standard InChI is InChI=1S/C12H20N4/c1-2-4-12(3-1)8-13-7-11(16-12)5-10-6-14-9-15-10/h6,9,11,13,16H,1-5,7-8H2,(H,14,15)/t11-/m0/s1. The Hall–Kier alpha value is -0.870. The van der Waals surface area contributed by atoms with Crippen molar-refractivity contribution in [2.75, 3.05) is 13.1 Å². The number of H-pyrrole nitrogens is 1. The summed E-state index contributed by atoms with van der Waals surface area (Å²) in [5.74, 6) is 0. The summed E-state index contributed by atoms with van der Waals surface area (Å²) in [6.45, 7) is 2.22. The van der Waals surface area contributed by atoms with Crippen LogP contribution < -0.4 is 10.6 Å². The summed E-state index contributed by atoms with van der Waals surface area (Å²) >= 11 is 0. The lowest BCUT2D eigenvalue weighted by molar-refractivity contribution is 0.226. The van der Waals surface area contributed by atoms with E-state index < -0.39 is 0 Å². The van der Waals surface area contributed by atoms with Crippen LogP contribution in [0.5, 0.6) is 0 Å². The van der Waals surface area contributed by atoms with E-state index in [9.17, 15) is 0 Å². The van der Waals surface area contributed by atoms with E-state index in [4.69, 9.17) is 0 Å². The smallest absolute Gasteiger partial charge is 0.0921 e. The Balaban J connectivity index is 1.63. The van der Waals surface area contributed by atoms with E-state index >= 15 is 0 Å². The molecule has 2 heterocycles. The van der Waals surface area contributed by atoms with Crippen molar-refractivity contribution in [3.05, 3.63) is 18.2 Å². The molecule has 0 bridgehead atoms. The van der Waals surface area contributed by atoms with E-state index in [2.05, 4.69) is 20.6 Å². The highest BCUT2D eigenvalue weighted by Crippen LogP contribution is 2.31. The second-order valence-corrected chi connectivity index (χ2v) is 5.24. The Kier molecular flexibility index (Phi) is 2.69. The van der Waals surface area contributed by atoms with Crippen LogP contribution in [0.4, 0.5) is 0 Å². The molecule has 1 saturated carbocycles. The van der Waals surface area contributed by atoms with Gasteiger partial charge in [0.05, 0.1) is 6.33 Å². The minimum Gasteiger partial charge on any atom is -0.348 e. The number of rotatable bonds is 2. The van der Waals surface area contributed by atoms with Crippen molar-refractivity contribution >= 4 is 0 Å². The second kappa shape index (κ2) is 4.18. The highest BCUT2D eigenvalue weighted by Gasteiger charge is 2.37. The summed E-state index contributed by atoms with van der Waals surface area (Å²) < 4.78 is 0. The van der Waals surface area contributed by atoms with Crippen LogP contribution in [0.3, 0.4) is 0 Å². The van der Waals surface area contributed by atoms with Crippen LogP contribution in [0.2, 0.25) is 0 Å². The summed E-state index contributed by atoms with van der Waals surface area (Å²) in [6.07, 6.45) is 10.2. The van der Waals surface area contributed by atoms with E-state index in [1.54, 1.807) is 6.33 Å². The molecule has 0 amide bonds. The van der Waals surface area contributed by atoms with E-state index in [-0.39, 0.29) is 0 Å². The zero-order valence-electron chi connectivity index (χ0n) is 9.63. The third-order valence-electron chi connectivity index (χ3n) is 3.95. The fourth-order valence-corrected chi connectivity index (χ4v) is 3.18. The molecule has 3 N–H and O–H groups in total. The number of imidazole rings is 1. The molecule has 0 unspecified atom stereocenters. The van der Waals surface area contributed by atoms with Crippen LogP contribution in [0.25, 0.3) is 0 Å². The van der Waals surface area contributed by atoms with Crippen molar-refractivity contribution in [1.29, 1.82) is 0 Å². The van der Waals surface area contributed by atoms with Gasteiger partial charge in [-0.25, -0.2) is 4.98 Å². The van der Waals surface area contributed by atoms with Gasteiger partial charge in [-0.05, 0) is 12.8 Å². The van der Waals surface area contributed by atoms with Gasteiger partial charge in [-0.1, -0.05) is 12.8 Å². The molecule has 1 saturated heterocycles. The molecule has 16 heavy (non-hydrogen) atoms. The van der Waals surface area contributed by atoms with Gasteiger partial charge in [-0.15, -0.1) is 0 Å². The predicted octanol–water partition coefficient (Wildman–Crippen LogP) is 0.826. The Morgan fingerprint density at radius 1 is 1.38 bits per heavy atom. The number of nitrogens with zero attached hydrogens (tertiary/aromatic N) is 1. The van der Waals surface area contributed by atoms with Crippen LogP contribution in [0.15, 0.2) is 12.5 Å². The van der Waals surface area contributed by atoms with Crippen LogP contribution in [-0.4, -0.2) is 34.6 Å². The van der Waals surface area contributed by atoms with Gasteiger partial charge in [0.15, 0.2) is 0 Å². The summed E-state index contributed by atoms with van der Waals surface area (Å²) in [7, 11) is 0. The fraction of sp³-hybridized carbons (Fsp3) is 0.750. The third-order valence-corrected chi connectivity index (χ3v) is 3.95. The lowest BCUT2D eigenvalue weighted by atomic mass is 9.92. The maximum absolute atomic E-state index is 4.07. The van der Waals surface area contributed by atoms with Gasteiger partial charge in [0.1, 0.15) is 0 Å². The molecule has 1 aliphatic heterocycles. The topological polar surface area (TPSA) is 52.7 Å². The quantitative estimate of drug-likeness (QED) is 0.692. The minimum absolute atomic E-state index is 0.392. The zero-order valence-corrected chi connectivity index (χ0v) is 9.63. The highest BCUT2D eigenvalue weighted by atomic mass is 15.1. The Morgan fingerprint density at radius 2 is 2.25 bits per heavy atom. The molecule has 2 fully saturated rings. The van der Waals surface area contributed by atoms with Crippen LogP contribution in [0, 0.1) is 0 Å². The molecule has 4 nitrogen and oxygen atoms in total. The lowest BCUT2D eigenvalue weighted by Crippen LogP contribution is -2.63. The van der Waals surface area contributed by atoms with Crippen molar-refractivity contribution in [1.82, 2.24) is 20.6 Å². The molecule has 88 valence electrons. The molecule has 1 spiro atoms. The van der Waals surface area contributed by atoms with Gasteiger partial charge < -0.3 is 15.6 Å². The SMILES string of the molecule is c1ncc(C[C@H]2CNCC3(CCCC3)N2)[nH]1. The summed E-state index contributed by atoms with van der Waals surface area (Å²) in [5, 5.41) is 7.44. The number of hydrogen-bond donors (Lipinski definition) is 3. The van der Waals surface area contributed by atoms with Gasteiger partial charge in [0, 0.05) is 43.0 Å².